The molecule has 2 amide bonds. The predicted octanol–water partition coefficient (Wildman–Crippen LogP) is 4.35. The molecule has 0 spiro atoms. The van der Waals surface area contributed by atoms with E-state index in [0.717, 1.165) is 33.6 Å². The number of carbonyl (C=O) groups is 2. The van der Waals surface area contributed by atoms with Gasteiger partial charge in [0, 0.05) is 22.6 Å². The lowest BCUT2D eigenvalue weighted by molar-refractivity contribution is -0.118. The molecule has 1 aliphatic heterocycles. The number of nitrogens with zero attached hydrogens (tertiary/aromatic N) is 2. The fourth-order valence-corrected chi connectivity index (χ4v) is 4.61. The average Bonchev–Trinajstić information content (AvgIpc) is 3.20. The Kier molecular flexibility index (Phi) is 5.68. The normalized spacial score (nSPS) is 16.7. The van der Waals surface area contributed by atoms with Crippen LogP contribution in [0.3, 0.4) is 0 Å². The highest BCUT2D eigenvalue weighted by atomic mass is 16.2. The van der Waals surface area contributed by atoms with Crippen LogP contribution >= 0.6 is 0 Å². The number of terminal acetylenes is 1. The van der Waals surface area contributed by atoms with Gasteiger partial charge in [-0.05, 0) is 55.8 Å². The van der Waals surface area contributed by atoms with Crippen LogP contribution in [-0.2, 0) is 4.79 Å². The number of carbonyl (C=O) groups excluding carboxylic acids is 2. The van der Waals surface area contributed by atoms with Crippen LogP contribution in [0.25, 0.3) is 5.69 Å². The summed E-state index contributed by atoms with van der Waals surface area (Å²) < 4.78 is 1.74. The molecule has 2 heterocycles. The van der Waals surface area contributed by atoms with Gasteiger partial charge in [0.15, 0.2) is 0 Å². The molecule has 0 radical (unpaired) electrons. The highest BCUT2D eigenvalue weighted by molar-refractivity contribution is 6.04. The van der Waals surface area contributed by atoms with Gasteiger partial charge in [-0.25, -0.2) is 4.68 Å². The van der Waals surface area contributed by atoms with E-state index in [2.05, 4.69) is 16.6 Å². The molecule has 35 heavy (non-hydrogen) atoms. The van der Waals surface area contributed by atoms with Gasteiger partial charge in [0.1, 0.15) is 11.9 Å². The minimum atomic E-state index is -0.834. The molecule has 6 nitrogen and oxygen atoms in total. The first kappa shape index (κ1) is 22.2. The van der Waals surface area contributed by atoms with Crippen molar-refractivity contribution in [3.8, 4) is 18.0 Å². The highest BCUT2D eigenvalue weighted by Crippen LogP contribution is 2.40. The molecule has 1 aliphatic rings. The van der Waals surface area contributed by atoms with Crippen LogP contribution in [0.15, 0.2) is 78.9 Å². The van der Waals surface area contributed by atoms with E-state index in [1.54, 1.807) is 16.8 Å². The Morgan fingerprint density at radius 3 is 2.46 bits per heavy atom. The fraction of sp³-hybridized carbons (Fsp3) is 0.138. The lowest BCUT2D eigenvalue weighted by Crippen LogP contribution is -2.50. The van der Waals surface area contributed by atoms with E-state index < -0.39 is 12.0 Å². The van der Waals surface area contributed by atoms with E-state index in [0.29, 0.717) is 11.4 Å². The summed E-state index contributed by atoms with van der Waals surface area (Å²) >= 11 is 0. The van der Waals surface area contributed by atoms with Crippen LogP contribution in [0.5, 0.6) is 0 Å². The van der Waals surface area contributed by atoms with Crippen LogP contribution in [-0.4, -0.2) is 27.6 Å². The lowest BCUT2D eigenvalue weighted by atomic mass is 9.81. The number of benzene rings is 3. The first-order valence-electron chi connectivity index (χ1n) is 11.4. The molecule has 2 atom stereocenters. The molecule has 2 N–H and O–H groups in total. The number of amides is 2. The Labute approximate surface area is 204 Å². The summed E-state index contributed by atoms with van der Waals surface area (Å²) in [5.74, 6) is 2.17. The topological polar surface area (TPSA) is 76.0 Å². The van der Waals surface area contributed by atoms with Gasteiger partial charge in [-0.15, -0.1) is 6.42 Å². The van der Waals surface area contributed by atoms with Gasteiger partial charge in [0.2, 0.25) is 5.91 Å². The summed E-state index contributed by atoms with van der Waals surface area (Å²) in [6.07, 6.45) is 5.55. The van der Waals surface area contributed by atoms with Crippen molar-refractivity contribution in [2.24, 2.45) is 0 Å². The molecule has 1 aromatic heterocycles. The second-order valence-corrected chi connectivity index (χ2v) is 8.65. The third kappa shape index (κ3) is 4.09. The van der Waals surface area contributed by atoms with Gasteiger partial charge in [-0.3, -0.25) is 9.59 Å². The molecule has 0 aliphatic carbocycles. The molecule has 0 saturated heterocycles. The number of hydrogen-bond donors (Lipinski definition) is 2. The second-order valence-electron chi connectivity index (χ2n) is 8.65. The van der Waals surface area contributed by atoms with Crippen molar-refractivity contribution in [1.29, 1.82) is 0 Å². The van der Waals surface area contributed by atoms with Crippen molar-refractivity contribution in [2.75, 3.05) is 5.32 Å². The van der Waals surface area contributed by atoms with Crippen molar-refractivity contribution < 1.29 is 9.59 Å². The van der Waals surface area contributed by atoms with Gasteiger partial charge in [-0.2, -0.15) is 5.10 Å². The maximum Gasteiger partial charge on any atom is 0.251 e. The van der Waals surface area contributed by atoms with E-state index in [-0.39, 0.29) is 11.8 Å². The maximum absolute atomic E-state index is 13.5. The predicted molar refractivity (Wildman–Crippen MR) is 136 cm³/mol. The first-order chi connectivity index (χ1) is 17.0. The zero-order valence-electron chi connectivity index (χ0n) is 19.4. The quantitative estimate of drug-likeness (QED) is 0.445. The van der Waals surface area contributed by atoms with E-state index in [4.69, 9.17) is 11.5 Å². The molecule has 172 valence electrons. The summed E-state index contributed by atoms with van der Waals surface area (Å²) in [6, 6.07) is 23.6. The van der Waals surface area contributed by atoms with Crippen LogP contribution in [0.4, 0.5) is 5.82 Å². The van der Waals surface area contributed by atoms with Crippen molar-refractivity contribution in [3.63, 3.8) is 0 Å². The number of anilines is 1. The molecule has 6 heteroatoms. The minimum Gasteiger partial charge on any atom is -0.339 e. The summed E-state index contributed by atoms with van der Waals surface area (Å²) in [5.41, 5.74) is 5.54. The van der Waals surface area contributed by atoms with Crippen molar-refractivity contribution in [2.45, 2.75) is 25.8 Å². The van der Waals surface area contributed by atoms with Gasteiger partial charge < -0.3 is 10.6 Å². The fourth-order valence-electron chi connectivity index (χ4n) is 4.61. The van der Waals surface area contributed by atoms with Crippen molar-refractivity contribution in [1.82, 2.24) is 15.1 Å². The van der Waals surface area contributed by atoms with E-state index >= 15 is 0 Å². The Hall–Kier alpha value is -4.63. The number of fused-ring (bicyclic) bond motifs is 1. The summed E-state index contributed by atoms with van der Waals surface area (Å²) in [7, 11) is 0. The highest BCUT2D eigenvalue weighted by Gasteiger charge is 2.41. The van der Waals surface area contributed by atoms with Crippen LogP contribution in [0.2, 0.25) is 0 Å². The number of nitrogens with one attached hydrogen (secondary N) is 2. The molecule has 3 aromatic carbocycles. The molecule has 0 bridgehead atoms. The van der Waals surface area contributed by atoms with Gasteiger partial charge >= 0.3 is 0 Å². The Morgan fingerprint density at radius 2 is 1.77 bits per heavy atom. The number of aryl methyl sites for hydroxylation is 2. The Bertz CT molecular complexity index is 1460. The number of rotatable bonds is 4. The SMILES string of the molecule is C#Cc1ccc([C@@H]2c3c(C)nn(-c4ccccc4)c3NC(=O)[C@@H]2NC(=O)c2cccc(C)c2)cc1. The Balaban J connectivity index is 1.62. The minimum absolute atomic E-state index is 0.304. The van der Waals surface area contributed by atoms with Gasteiger partial charge in [0.05, 0.1) is 11.4 Å². The van der Waals surface area contributed by atoms with E-state index in [9.17, 15) is 9.59 Å². The Morgan fingerprint density at radius 1 is 1.03 bits per heavy atom. The zero-order valence-corrected chi connectivity index (χ0v) is 19.4. The van der Waals surface area contributed by atoms with Crippen LogP contribution in [0.1, 0.15) is 44.2 Å². The van der Waals surface area contributed by atoms with E-state index in [1.807, 2.05) is 80.6 Å². The maximum atomic E-state index is 13.5. The average molecular weight is 461 g/mol. The molecule has 4 aromatic rings. The first-order valence-corrected chi connectivity index (χ1v) is 11.4. The molecular weight excluding hydrogens is 436 g/mol. The second kappa shape index (κ2) is 8.96. The number of aromatic nitrogens is 2. The largest absolute Gasteiger partial charge is 0.339 e. The standard InChI is InChI=1S/C29H24N4O2/c1-4-20-13-15-21(16-14-20)25-24-19(3)32-33(23-11-6-5-7-12-23)27(24)31-29(35)26(25)30-28(34)22-10-8-9-18(2)17-22/h1,5-17,25-26H,2-3H3,(H,30,34)(H,31,35)/t25-,26-/m1/s1. The van der Waals surface area contributed by atoms with Crippen LogP contribution in [0, 0.1) is 26.2 Å². The van der Waals surface area contributed by atoms with Crippen LogP contribution < -0.4 is 10.6 Å². The lowest BCUT2D eigenvalue weighted by Gasteiger charge is -2.33. The van der Waals surface area contributed by atoms with Gasteiger partial charge in [-0.1, -0.05) is 53.9 Å². The third-order valence-electron chi connectivity index (χ3n) is 6.28. The number of hydrogen-bond acceptors (Lipinski definition) is 3. The molecule has 0 unspecified atom stereocenters. The summed E-state index contributed by atoms with van der Waals surface area (Å²) in [4.78, 5) is 26.7. The zero-order chi connectivity index (χ0) is 24.5. The molecule has 0 saturated carbocycles. The van der Waals surface area contributed by atoms with E-state index in [1.165, 1.54) is 0 Å². The smallest absolute Gasteiger partial charge is 0.251 e. The number of para-hydroxylation sites is 1. The molecule has 0 fully saturated rings. The monoisotopic (exact) mass is 460 g/mol. The summed E-state index contributed by atoms with van der Waals surface area (Å²) in [6.45, 7) is 3.84. The molecular formula is C29H24N4O2. The van der Waals surface area contributed by atoms with Crippen molar-refractivity contribution >= 4 is 17.6 Å². The van der Waals surface area contributed by atoms with Crippen molar-refractivity contribution in [3.05, 3.63) is 112 Å². The molecule has 5 rings (SSSR count). The summed E-state index contributed by atoms with van der Waals surface area (Å²) in [5, 5.41) is 10.7. The van der Waals surface area contributed by atoms with Gasteiger partial charge in [0.25, 0.3) is 5.91 Å². The third-order valence-corrected chi connectivity index (χ3v) is 6.28.